The number of alkyl halides is 3. The summed E-state index contributed by atoms with van der Waals surface area (Å²) in [6, 6.07) is 6.11. The van der Waals surface area contributed by atoms with Gasteiger partial charge < -0.3 is 10.6 Å². The van der Waals surface area contributed by atoms with E-state index in [1.54, 1.807) is 13.0 Å². The van der Waals surface area contributed by atoms with Crippen LogP contribution in [0.5, 0.6) is 0 Å². The molecule has 2 rings (SSSR count). The first-order valence-electron chi connectivity index (χ1n) is 6.51. The lowest BCUT2D eigenvalue weighted by Gasteiger charge is -2.13. The largest absolute Gasteiger partial charge is 0.433 e. The molecule has 0 fully saturated rings. The van der Waals surface area contributed by atoms with Gasteiger partial charge in [0, 0.05) is 12.6 Å². The fraction of sp³-hybridized carbons (Fsp3) is 0.214. The van der Waals surface area contributed by atoms with Gasteiger partial charge in [0.15, 0.2) is 5.69 Å². The van der Waals surface area contributed by atoms with E-state index in [0.717, 1.165) is 6.07 Å². The van der Waals surface area contributed by atoms with Crippen LogP contribution in [0.4, 0.5) is 35.0 Å². The second-order valence-electron chi connectivity index (χ2n) is 4.39. The highest BCUT2D eigenvalue weighted by molar-refractivity contribution is 5.65. The summed E-state index contributed by atoms with van der Waals surface area (Å²) in [5, 5.41) is 14.1. The second kappa shape index (κ2) is 6.48. The topological polar surface area (TPSA) is 73.6 Å². The van der Waals surface area contributed by atoms with Crippen molar-refractivity contribution in [2.24, 2.45) is 0 Å². The molecule has 5 nitrogen and oxygen atoms in total. The van der Waals surface area contributed by atoms with E-state index in [1.807, 2.05) is 0 Å². The Hall–Kier alpha value is -2.89. The molecule has 0 aliphatic heterocycles. The van der Waals surface area contributed by atoms with E-state index in [9.17, 15) is 17.6 Å². The maximum Gasteiger partial charge on any atom is 0.433 e. The third-order valence-electron chi connectivity index (χ3n) is 2.74. The summed E-state index contributed by atoms with van der Waals surface area (Å²) in [6.45, 7) is 2.00. The molecule has 0 radical (unpaired) electrons. The average Bonchev–Trinajstić information content (AvgIpc) is 2.47. The van der Waals surface area contributed by atoms with Gasteiger partial charge in [0.1, 0.15) is 23.3 Å². The Labute approximate surface area is 129 Å². The summed E-state index contributed by atoms with van der Waals surface area (Å²) in [7, 11) is 0. The number of halogens is 4. The fourth-order valence-corrected chi connectivity index (χ4v) is 1.77. The molecule has 1 heterocycles. The van der Waals surface area contributed by atoms with Crippen molar-refractivity contribution >= 4 is 17.5 Å². The van der Waals surface area contributed by atoms with Crippen molar-refractivity contribution in [2.45, 2.75) is 13.1 Å². The zero-order valence-corrected chi connectivity index (χ0v) is 11.9. The summed E-state index contributed by atoms with van der Waals surface area (Å²) in [6.07, 6.45) is -4.66. The lowest BCUT2D eigenvalue weighted by atomic mass is 10.2. The molecule has 2 aromatic rings. The summed E-state index contributed by atoms with van der Waals surface area (Å²) in [4.78, 5) is 7.24. The Bertz CT molecular complexity index is 752. The molecular formula is C14H11F4N5. The van der Waals surface area contributed by atoms with Crippen molar-refractivity contribution in [3.8, 4) is 6.07 Å². The number of hydrogen-bond acceptors (Lipinski definition) is 5. The summed E-state index contributed by atoms with van der Waals surface area (Å²) >= 11 is 0. The molecule has 1 aromatic carbocycles. The molecule has 0 saturated heterocycles. The molecule has 0 aliphatic rings. The normalized spacial score (nSPS) is 11.0. The number of nitrogens with one attached hydrogen (secondary N) is 2. The third kappa shape index (κ3) is 3.85. The van der Waals surface area contributed by atoms with Gasteiger partial charge in [0.2, 0.25) is 5.95 Å². The van der Waals surface area contributed by atoms with E-state index in [0.29, 0.717) is 12.6 Å². The molecule has 0 amide bonds. The van der Waals surface area contributed by atoms with Gasteiger partial charge in [-0.1, -0.05) is 6.07 Å². The summed E-state index contributed by atoms with van der Waals surface area (Å²) in [5.74, 6) is -1.21. The van der Waals surface area contributed by atoms with E-state index >= 15 is 0 Å². The number of hydrogen-bond donors (Lipinski definition) is 2. The van der Waals surface area contributed by atoms with Gasteiger partial charge in [0.05, 0.1) is 5.69 Å². The van der Waals surface area contributed by atoms with Crippen molar-refractivity contribution in [2.75, 3.05) is 17.2 Å². The van der Waals surface area contributed by atoms with Gasteiger partial charge in [-0.25, -0.2) is 9.37 Å². The van der Waals surface area contributed by atoms with Crippen LogP contribution in [0.3, 0.4) is 0 Å². The van der Waals surface area contributed by atoms with Crippen LogP contribution in [0.1, 0.15) is 18.2 Å². The Balaban J connectivity index is 2.46. The molecule has 0 bridgehead atoms. The van der Waals surface area contributed by atoms with Gasteiger partial charge >= 0.3 is 6.18 Å². The van der Waals surface area contributed by atoms with Crippen LogP contribution < -0.4 is 10.6 Å². The predicted molar refractivity (Wildman–Crippen MR) is 75.6 cm³/mol. The molecule has 0 saturated carbocycles. The van der Waals surface area contributed by atoms with Crippen molar-refractivity contribution in [1.82, 2.24) is 9.97 Å². The fourth-order valence-electron chi connectivity index (χ4n) is 1.77. The SMILES string of the molecule is CCNc1nc(Nc2cccc(F)c2C#N)cc(C(F)(F)F)n1. The highest BCUT2D eigenvalue weighted by atomic mass is 19.4. The van der Waals surface area contributed by atoms with Crippen molar-refractivity contribution in [3.63, 3.8) is 0 Å². The molecule has 1 aromatic heterocycles. The minimum absolute atomic E-state index is 0.0155. The smallest absolute Gasteiger partial charge is 0.354 e. The highest BCUT2D eigenvalue weighted by Gasteiger charge is 2.33. The lowest BCUT2D eigenvalue weighted by molar-refractivity contribution is -0.141. The molecular weight excluding hydrogens is 314 g/mol. The zero-order valence-electron chi connectivity index (χ0n) is 11.9. The first-order valence-corrected chi connectivity index (χ1v) is 6.51. The number of nitrogens with zero attached hydrogens (tertiary/aromatic N) is 3. The van der Waals surface area contributed by atoms with E-state index in [4.69, 9.17) is 5.26 Å². The Morgan fingerprint density at radius 1 is 1.26 bits per heavy atom. The Morgan fingerprint density at radius 3 is 2.61 bits per heavy atom. The maximum absolute atomic E-state index is 13.5. The van der Waals surface area contributed by atoms with E-state index < -0.39 is 17.7 Å². The van der Waals surface area contributed by atoms with Crippen LogP contribution in [-0.4, -0.2) is 16.5 Å². The van der Waals surface area contributed by atoms with E-state index in [2.05, 4.69) is 20.6 Å². The molecule has 0 aliphatic carbocycles. The first kappa shape index (κ1) is 16.5. The van der Waals surface area contributed by atoms with Crippen LogP contribution in [0, 0.1) is 17.1 Å². The van der Waals surface area contributed by atoms with Gasteiger partial charge in [-0.05, 0) is 19.1 Å². The molecule has 120 valence electrons. The Kier molecular flexibility index (Phi) is 4.64. The predicted octanol–water partition coefficient (Wildman–Crippen LogP) is 3.68. The maximum atomic E-state index is 13.5. The van der Waals surface area contributed by atoms with Crippen molar-refractivity contribution in [3.05, 3.63) is 41.3 Å². The molecule has 2 N–H and O–H groups in total. The van der Waals surface area contributed by atoms with Crippen LogP contribution in [0.25, 0.3) is 0 Å². The standard InChI is InChI=1S/C14H11F4N5/c1-2-20-13-22-11(14(16,17)18)6-12(23-13)21-10-5-3-4-9(15)8(10)7-19/h3-6H,2H2,1H3,(H2,20,21,22,23). The minimum atomic E-state index is -4.66. The number of rotatable bonds is 4. The highest BCUT2D eigenvalue weighted by Crippen LogP contribution is 2.31. The Morgan fingerprint density at radius 2 is 2.00 bits per heavy atom. The molecule has 23 heavy (non-hydrogen) atoms. The first-order chi connectivity index (χ1) is 10.8. The number of aromatic nitrogens is 2. The van der Waals surface area contributed by atoms with Crippen LogP contribution >= 0.6 is 0 Å². The summed E-state index contributed by atoms with van der Waals surface area (Å²) in [5.41, 5.74) is -1.45. The van der Waals surface area contributed by atoms with Crippen LogP contribution in [-0.2, 0) is 6.18 Å². The van der Waals surface area contributed by atoms with Gasteiger partial charge in [0.25, 0.3) is 0 Å². The molecule has 0 spiro atoms. The van der Waals surface area contributed by atoms with Crippen molar-refractivity contribution in [1.29, 1.82) is 5.26 Å². The summed E-state index contributed by atoms with van der Waals surface area (Å²) < 4.78 is 52.2. The number of benzene rings is 1. The van der Waals surface area contributed by atoms with E-state index in [-0.39, 0.29) is 23.0 Å². The molecule has 9 heteroatoms. The average molecular weight is 325 g/mol. The monoisotopic (exact) mass is 325 g/mol. The van der Waals surface area contributed by atoms with Crippen molar-refractivity contribution < 1.29 is 17.6 Å². The second-order valence-corrected chi connectivity index (χ2v) is 4.39. The minimum Gasteiger partial charge on any atom is -0.354 e. The van der Waals surface area contributed by atoms with Crippen LogP contribution in [0.2, 0.25) is 0 Å². The molecule has 0 unspecified atom stereocenters. The van der Waals surface area contributed by atoms with Crippen LogP contribution in [0.15, 0.2) is 24.3 Å². The zero-order chi connectivity index (χ0) is 17.0. The number of anilines is 3. The quantitative estimate of drug-likeness (QED) is 0.839. The van der Waals surface area contributed by atoms with Gasteiger partial charge in [-0.2, -0.15) is 23.4 Å². The third-order valence-corrected chi connectivity index (χ3v) is 2.74. The number of nitriles is 1. The lowest BCUT2D eigenvalue weighted by Crippen LogP contribution is -2.13. The van der Waals surface area contributed by atoms with Gasteiger partial charge in [-0.15, -0.1) is 0 Å². The van der Waals surface area contributed by atoms with Gasteiger partial charge in [-0.3, -0.25) is 0 Å². The molecule has 0 atom stereocenters. The van der Waals surface area contributed by atoms with E-state index in [1.165, 1.54) is 12.1 Å².